The normalized spacial score (nSPS) is 22.9. The third kappa shape index (κ3) is 7.22. The molecular weight excluding hydrogens is 254 g/mol. The summed E-state index contributed by atoms with van der Waals surface area (Å²) >= 11 is 0. The van der Waals surface area contributed by atoms with Crippen molar-refractivity contribution in [1.29, 1.82) is 0 Å². The van der Waals surface area contributed by atoms with E-state index in [1.165, 1.54) is 25.0 Å². The van der Waals surface area contributed by atoms with Crippen LogP contribution in [-0.4, -0.2) is 24.5 Å². The minimum atomic E-state index is -0.204. The standard InChI is InChI=1S/C16H25NO3/c18-13-7-9-14-8-5-3-1-2-4-6-12-17-16(20)11-10-15(14)19/h10-11,13-14H,1-9,12H2,(H,17,20). The Labute approximate surface area is 121 Å². The molecule has 1 N–H and O–H groups in total. The van der Waals surface area contributed by atoms with Crippen LogP contribution in [0.5, 0.6) is 0 Å². The van der Waals surface area contributed by atoms with Crippen LogP contribution in [0.2, 0.25) is 0 Å². The molecular formula is C16H25NO3. The van der Waals surface area contributed by atoms with Crippen molar-refractivity contribution in [3.05, 3.63) is 12.2 Å². The fraction of sp³-hybridized carbons (Fsp3) is 0.688. The molecule has 0 spiro atoms. The molecule has 0 aromatic carbocycles. The van der Waals surface area contributed by atoms with E-state index in [9.17, 15) is 14.4 Å². The first-order valence-electron chi connectivity index (χ1n) is 7.67. The van der Waals surface area contributed by atoms with Crippen LogP contribution in [0.15, 0.2) is 12.2 Å². The largest absolute Gasteiger partial charge is 0.353 e. The molecule has 1 heterocycles. The highest BCUT2D eigenvalue weighted by Crippen LogP contribution is 2.18. The molecule has 0 bridgehead atoms. The number of ketones is 1. The Bertz CT molecular complexity index is 350. The van der Waals surface area contributed by atoms with Crippen LogP contribution < -0.4 is 5.32 Å². The van der Waals surface area contributed by atoms with Crippen molar-refractivity contribution in [3.8, 4) is 0 Å². The molecule has 1 atom stereocenters. The molecule has 1 aliphatic rings. The molecule has 4 heteroatoms. The predicted octanol–water partition coefficient (Wildman–Crippen LogP) is 2.57. The van der Waals surface area contributed by atoms with Crippen LogP contribution in [0.1, 0.15) is 57.8 Å². The summed E-state index contributed by atoms with van der Waals surface area (Å²) in [5.41, 5.74) is 0. The number of carbonyl (C=O) groups is 3. The molecule has 0 saturated carbocycles. The van der Waals surface area contributed by atoms with Gasteiger partial charge in [0, 0.05) is 25.0 Å². The third-order valence-corrected chi connectivity index (χ3v) is 3.71. The average molecular weight is 279 g/mol. The van der Waals surface area contributed by atoms with Gasteiger partial charge >= 0.3 is 0 Å². The SMILES string of the molecule is O=CCCC1CCCCCCCCNC(=O)C=CC1=O. The van der Waals surface area contributed by atoms with Crippen molar-refractivity contribution in [2.24, 2.45) is 5.92 Å². The summed E-state index contributed by atoms with van der Waals surface area (Å²) in [6.45, 7) is 0.673. The Hall–Kier alpha value is -1.45. The van der Waals surface area contributed by atoms with Crippen molar-refractivity contribution in [2.45, 2.75) is 57.8 Å². The summed E-state index contributed by atoms with van der Waals surface area (Å²) in [6, 6.07) is 0. The lowest BCUT2D eigenvalue weighted by atomic mass is 9.91. The van der Waals surface area contributed by atoms with E-state index in [1.54, 1.807) is 0 Å². The summed E-state index contributed by atoms with van der Waals surface area (Å²) in [5.74, 6) is -0.351. The molecule has 1 amide bonds. The molecule has 112 valence electrons. The van der Waals surface area contributed by atoms with Crippen LogP contribution in [0.25, 0.3) is 0 Å². The number of amides is 1. The number of aldehydes is 1. The molecule has 0 fully saturated rings. The Morgan fingerprint density at radius 2 is 1.75 bits per heavy atom. The first-order valence-corrected chi connectivity index (χ1v) is 7.67. The smallest absolute Gasteiger partial charge is 0.244 e. The second-order valence-corrected chi connectivity index (χ2v) is 5.38. The fourth-order valence-corrected chi connectivity index (χ4v) is 2.49. The molecule has 1 aliphatic heterocycles. The summed E-state index contributed by atoms with van der Waals surface area (Å²) in [6.07, 6.45) is 12.0. The number of nitrogens with one attached hydrogen (secondary N) is 1. The molecule has 1 unspecified atom stereocenters. The zero-order valence-electron chi connectivity index (χ0n) is 12.1. The zero-order valence-corrected chi connectivity index (χ0v) is 12.1. The zero-order chi connectivity index (χ0) is 14.6. The molecule has 0 radical (unpaired) electrons. The van der Waals surface area contributed by atoms with E-state index in [0.29, 0.717) is 19.4 Å². The monoisotopic (exact) mass is 279 g/mol. The number of carbonyl (C=O) groups excluding carboxylic acids is 3. The quantitative estimate of drug-likeness (QED) is 0.808. The average Bonchev–Trinajstić information content (AvgIpc) is 2.45. The predicted molar refractivity (Wildman–Crippen MR) is 78.3 cm³/mol. The van der Waals surface area contributed by atoms with Gasteiger partial charge in [-0.1, -0.05) is 32.1 Å². The van der Waals surface area contributed by atoms with Crippen LogP contribution in [0, 0.1) is 5.92 Å². The third-order valence-electron chi connectivity index (χ3n) is 3.71. The van der Waals surface area contributed by atoms with Crippen molar-refractivity contribution >= 4 is 18.0 Å². The second kappa shape index (κ2) is 10.4. The van der Waals surface area contributed by atoms with Crippen molar-refractivity contribution < 1.29 is 14.4 Å². The lowest BCUT2D eigenvalue weighted by molar-refractivity contribution is -0.120. The maximum absolute atomic E-state index is 12.1. The van der Waals surface area contributed by atoms with Crippen LogP contribution in [-0.2, 0) is 14.4 Å². The highest BCUT2D eigenvalue weighted by atomic mass is 16.1. The maximum Gasteiger partial charge on any atom is 0.244 e. The minimum Gasteiger partial charge on any atom is -0.353 e. The molecule has 0 aromatic heterocycles. The van der Waals surface area contributed by atoms with E-state index >= 15 is 0 Å². The van der Waals surface area contributed by atoms with E-state index in [1.807, 2.05) is 0 Å². The molecule has 20 heavy (non-hydrogen) atoms. The summed E-state index contributed by atoms with van der Waals surface area (Å²) in [7, 11) is 0. The number of allylic oxidation sites excluding steroid dienone is 1. The van der Waals surface area contributed by atoms with Gasteiger partial charge in [-0.2, -0.15) is 0 Å². The van der Waals surface area contributed by atoms with E-state index in [0.717, 1.165) is 38.4 Å². The van der Waals surface area contributed by atoms with Gasteiger partial charge in [-0.15, -0.1) is 0 Å². The first kappa shape index (κ1) is 16.6. The van der Waals surface area contributed by atoms with E-state index in [-0.39, 0.29) is 17.6 Å². The van der Waals surface area contributed by atoms with Crippen molar-refractivity contribution in [2.75, 3.05) is 6.54 Å². The summed E-state index contributed by atoms with van der Waals surface area (Å²) in [4.78, 5) is 34.0. The van der Waals surface area contributed by atoms with Crippen LogP contribution in [0.3, 0.4) is 0 Å². The van der Waals surface area contributed by atoms with Crippen molar-refractivity contribution in [1.82, 2.24) is 5.32 Å². The lowest BCUT2D eigenvalue weighted by Crippen LogP contribution is -2.23. The fourth-order valence-electron chi connectivity index (χ4n) is 2.49. The Morgan fingerprint density at radius 3 is 2.50 bits per heavy atom. The second-order valence-electron chi connectivity index (χ2n) is 5.38. The van der Waals surface area contributed by atoms with Gasteiger partial charge in [-0.25, -0.2) is 0 Å². The van der Waals surface area contributed by atoms with Gasteiger partial charge in [0.05, 0.1) is 0 Å². The van der Waals surface area contributed by atoms with E-state index < -0.39 is 0 Å². The van der Waals surface area contributed by atoms with Crippen LogP contribution >= 0.6 is 0 Å². The highest BCUT2D eigenvalue weighted by Gasteiger charge is 2.15. The molecule has 4 nitrogen and oxygen atoms in total. The molecule has 0 saturated heterocycles. The van der Waals surface area contributed by atoms with Gasteiger partial charge in [0.2, 0.25) is 5.91 Å². The number of hydrogen-bond acceptors (Lipinski definition) is 3. The van der Waals surface area contributed by atoms with E-state index in [2.05, 4.69) is 5.32 Å². The molecule has 0 aromatic rings. The van der Waals surface area contributed by atoms with Gasteiger partial charge in [-0.05, 0) is 25.3 Å². The van der Waals surface area contributed by atoms with Gasteiger partial charge < -0.3 is 10.1 Å². The molecule has 1 rings (SSSR count). The maximum atomic E-state index is 12.1. The van der Waals surface area contributed by atoms with Gasteiger partial charge in [0.25, 0.3) is 0 Å². The van der Waals surface area contributed by atoms with Gasteiger partial charge in [-0.3, -0.25) is 9.59 Å². The first-order chi connectivity index (χ1) is 9.74. The van der Waals surface area contributed by atoms with Gasteiger partial charge in [0.1, 0.15) is 6.29 Å². The van der Waals surface area contributed by atoms with E-state index in [4.69, 9.17) is 0 Å². The minimum absolute atomic E-state index is 0.0286. The topological polar surface area (TPSA) is 63.2 Å². The highest BCUT2D eigenvalue weighted by molar-refractivity contribution is 5.98. The Balaban J connectivity index is 2.59. The molecule has 0 aliphatic carbocycles. The summed E-state index contributed by atoms with van der Waals surface area (Å²) < 4.78 is 0. The number of hydrogen-bond donors (Lipinski definition) is 1. The Morgan fingerprint density at radius 1 is 1.05 bits per heavy atom. The number of rotatable bonds is 3. The Kier molecular flexibility index (Phi) is 8.59. The van der Waals surface area contributed by atoms with Crippen LogP contribution in [0.4, 0.5) is 0 Å². The van der Waals surface area contributed by atoms with Crippen molar-refractivity contribution in [3.63, 3.8) is 0 Å². The van der Waals surface area contributed by atoms with Gasteiger partial charge in [0.15, 0.2) is 5.78 Å². The summed E-state index contributed by atoms with van der Waals surface area (Å²) in [5, 5.41) is 2.78. The lowest BCUT2D eigenvalue weighted by Gasteiger charge is -2.13.